The number of esters is 1. The van der Waals surface area contributed by atoms with E-state index in [2.05, 4.69) is 43.0 Å². The largest absolute Gasteiger partial charge is 0.497 e. The Morgan fingerprint density at radius 2 is 1.81 bits per heavy atom. The zero-order valence-electron chi connectivity index (χ0n) is 23.5. The second-order valence-electron chi connectivity index (χ2n) is 10.7. The van der Waals surface area contributed by atoms with Crippen LogP contribution in [-0.4, -0.2) is 44.7 Å². The molecule has 3 rings (SSSR count). The first-order valence-corrected chi connectivity index (χ1v) is 14.2. The Hall–Kier alpha value is -2.38. The van der Waals surface area contributed by atoms with E-state index >= 15 is 0 Å². The number of benzene rings is 2. The molecule has 0 amide bonds. The maximum absolute atomic E-state index is 12.1. The molecule has 0 aromatic heterocycles. The fraction of sp³-hybridized carbons (Fsp3) is 0.567. The summed E-state index contributed by atoms with van der Waals surface area (Å²) in [4.78, 5) is 15.7. The number of rotatable bonds is 11. The predicted molar refractivity (Wildman–Crippen MR) is 151 cm³/mol. The van der Waals surface area contributed by atoms with E-state index in [4.69, 9.17) is 18.9 Å². The molecular weight excluding hydrogens is 486 g/mol. The van der Waals surface area contributed by atoms with Crippen molar-refractivity contribution in [1.82, 2.24) is 0 Å². The minimum absolute atomic E-state index is 0.0986. The predicted octanol–water partition coefficient (Wildman–Crippen LogP) is 7.39. The summed E-state index contributed by atoms with van der Waals surface area (Å²) in [7, 11) is 3.37. The zero-order valence-corrected chi connectivity index (χ0v) is 24.3. The van der Waals surface area contributed by atoms with Crippen molar-refractivity contribution in [3.63, 3.8) is 0 Å². The first-order valence-electron chi connectivity index (χ1n) is 13.2. The number of nitrogens with zero attached hydrogens (tertiary/aromatic N) is 1. The van der Waals surface area contributed by atoms with Gasteiger partial charge in [0.25, 0.3) is 0 Å². The third-order valence-electron chi connectivity index (χ3n) is 6.77. The minimum atomic E-state index is -0.534. The van der Waals surface area contributed by atoms with Crippen molar-refractivity contribution in [2.75, 3.05) is 38.0 Å². The molecule has 2 aromatic rings. The Kier molecular flexibility index (Phi) is 10.2. The number of ether oxygens (including phenoxy) is 4. The summed E-state index contributed by atoms with van der Waals surface area (Å²) in [5, 5.41) is 0. The van der Waals surface area contributed by atoms with Crippen LogP contribution in [0.15, 0.2) is 41.3 Å². The molecule has 0 bridgehead atoms. The lowest BCUT2D eigenvalue weighted by atomic mass is 9.81. The van der Waals surface area contributed by atoms with Crippen molar-refractivity contribution in [2.45, 2.75) is 77.4 Å². The Morgan fingerprint density at radius 1 is 1.08 bits per heavy atom. The average molecular weight is 530 g/mol. The Bertz CT molecular complexity index is 1030. The maximum atomic E-state index is 12.1. The van der Waals surface area contributed by atoms with Crippen LogP contribution in [-0.2, 0) is 20.9 Å². The number of unbranched alkanes of at least 4 members (excludes halogenated alkanes) is 1. The molecule has 1 aliphatic heterocycles. The van der Waals surface area contributed by atoms with E-state index in [1.54, 1.807) is 14.2 Å². The number of carbonyl (C=O) groups is 1. The second-order valence-corrected chi connectivity index (χ2v) is 11.8. The quantitative estimate of drug-likeness (QED) is 0.281. The van der Waals surface area contributed by atoms with E-state index < -0.39 is 5.60 Å². The molecule has 0 aliphatic carbocycles. The van der Waals surface area contributed by atoms with E-state index in [0.717, 1.165) is 47.2 Å². The first kappa shape index (κ1) is 29.2. The van der Waals surface area contributed by atoms with Gasteiger partial charge in [0.1, 0.15) is 23.7 Å². The summed E-state index contributed by atoms with van der Waals surface area (Å²) >= 11 is 1.91. The van der Waals surface area contributed by atoms with E-state index in [9.17, 15) is 4.79 Å². The Morgan fingerprint density at radius 3 is 2.41 bits per heavy atom. The number of carbonyl (C=O) groups excluding carboxylic acids is 1. The normalized spacial score (nSPS) is 17.6. The highest BCUT2D eigenvalue weighted by molar-refractivity contribution is 7.99. The van der Waals surface area contributed by atoms with Gasteiger partial charge in [-0.3, -0.25) is 0 Å². The summed E-state index contributed by atoms with van der Waals surface area (Å²) in [5.74, 6) is 2.27. The van der Waals surface area contributed by atoms with Crippen molar-refractivity contribution >= 4 is 29.1 Å². The van der Waals surface area contributed by atoms with Gasteiger partial charge < -0.3 is 23.8 Å². The first-order chi connectivity index (χ1) is 17.6. The number of hydrogen-bond acceptors (Lipinski definition) is 7. The summed E-state index contributed by atoms with van der Waals surface area (Å²) in [6, 6.07) is 12.6. The van der Waals surface area contributed by atoms with Gasteiger partial charge in [0.2, 0.25) is 0 Å². The van der Waals surface area contributed by atoms with Crippen molar-refractivity contribution in [3.05, 3.63) is 42.0 Å². The molecule has 1 unspecified atom stereocenters. The van der Waals surface area contributed by atoms with Crippen LogP contribution >= 0.6 is 11.8 Å². The molecule has 37 heavy (non-hydrogen) atoms. The molecule has 1 atom stereocenters. The van der Waals surface area contributed by atoms with Crippen molar-refractivity contribution in [3.8, 4) is 11.5 Å². The lowest BCUT2D eigenvalue weighted by Gasteiger charge is -2.37. The molecule has 1 aliphatic rings. The van der Waals surface area contributed by atoms with Gasteiger partial charge in [-0.2, -0.15) is 0 Å². The number of thioether (sulfide) groups is 1. The van der Waals surface area contributed by atoms with Crippen molar-refractivity contribution in [2.24, 2.45) is 5.41 Å². The van der Waals surface area contributed by atoms with Crippen LogP contribution in [0.4, 0.5) is 11.4 Å². The molecule has 0 N–H and O–H groups in total. The van der Waals surface area contributed by atoms with E-state index in [0.29, 0.717) is 0 Å². The van der Waals surface area contributed by atoms with Gasteiger partial charge in [0.15, 0.2) is 0 Å². The zero-order chi connectivity index (χ0) is 27.1. The molecule has 2 aromatic carbocycles. The molecule has 204 valence electrons. The molecule has 1 heterocycles. The average Bonchev–Trinajstić information content (AvgIpc) is 3.03. The van der Waals surface area contributed by atoms with Gasteiger partial charge in [-0.25, -0.2) is 4.79 Å². The molecule has 0 radical (unpaired) electrons. The number of fused-ring (bicyclic) bond motifs is 1. The van der Waals surface area contributed by atoms with Crippen LogP contribution in [0.1, 0.15) is 65.9 Å². The highest BCUT2D eigenvalue weighted by Gasteiger charge is 2.35. The van der Waals surface area contributed by atoms with Crippen molar-refractivity contribution in [1.29, 1.82) is 0 Å². The van der Waals surface area contributed by atoms with Gasteiger partial charge in [-0.1, -0.05) is 26.7 Å². The van der Waals surface area contributed by atoms with Crippen LogP contribution in [0, 0.1) is 5.41 Å². The smallest absolute Gasteiger partial charge is 0.332 e. The van der Waals surface area contributed by atoms with Gasteiger partial charge in [-0.05, 0) is 69.4 Å². The van der Waals surface area contributed by atoms with Crippen LogP contribution < -0.4 is 14.4 Å². The summed E-state index contributed by atoms with van der Waals surface area (Å²) < 4.78 is 22.3. The van der Waals surface area contributed by atoms with Crippen molar-refractivity contribution < 1.29 is 23.7 Å². The van der Waals surface area contributed by atoms with Crippen LogP contribution in [0.5, 0.6) is 11.5 Å². The fourth-order valence-corrected chi connectivity index (χ4v) is 6.06. The molecule has 7 heteroatoms. The minimum Gasteiger partial charge on any atom is -0.497 e. The molecule has 6 nitrogen and oxygen atoms in total. The highest BCUT2D eigenvalue weighted by atomic mass is 32.2. The lowest BCUT2D eigenvalue weighted by molar-refractivity contribution is -0.160. The van der Waals surface area contributed by atoms with Gasteiger partial charge >= 0.3 is 5.97 Å². The van der Waals surface area contributed by atoms with E-state index in [1.165, 1.54) is 24.2 Å². The topological polar surface area (TPSA) is 57.2 Å². The molecule has 0 spiro atoms. The second kappa shape index (κ2) is 12.9. The Balaban J connectivity index is 1.94. The molecule has 0 saturated carbocycles. The summed E-state index contributed by atoms with van der Waals surface area (Å²) in [5.41, 5.74) is 2.85. The third-order valence-corrected chi connectivity index (χ3v) is 8.17. The van der Waals surface area contributed by atoms with Crippen LogP contribution in [0.2, 0.25) is 0 Å². The molecular formula is C30H43NO5S. The van der Waals surface area contributed by atoms with E-state index in [-0.39, 0.29) is 24.6 Å². The summed E-state index contributed by atoms with van der Waals surface area (Å²) in [6.45, 7) is 11.2. The molecule has 0 fully saturated rings. The van der Waals surface area contributed by atoms with Gasteiger partial charge in [0, 0.05) is 34.5 Å². The van der Waals surface area contributed by atoms with Crippen LogP contribution in [0.25, 0.3) is 0 Å². The van der Waals surface area contributed by atoms with E-state index in [1.807, 2.05) is 44.7 Å². The Labute approximate surface area is 227 Å². The fourth-order valence-electron chi connectivity index (χ4n) is 4.62. The third kappa shape index (κ3) is 7.81. The monoisotopic (exact) mass is 529 g/mol. The maximum Gasteiger partial charge on any atom is 0.332 e. The summed E-state index contributed by atoms with van der Waals surface area (Å²) in [6.07, 6.45) is 4.71. The number of anilines is 2. The van der Waals surface area contributed by atoms with Gasteiger partial charge in [-0.15, -0.1) is 11.8 Å². The highest BCUT2D eigenvalue weighted by Crippen LogP contribution is 2.48. The number of methoxy groups -OCH3 is 2. The SMILES string of the molecule is CCCCC1(CC)CSc2cc(COCC(=O)OC(C)(C)C)c(OC)cc2N(c2ccc(OC)cc2)C1. The standard InChI is InChI=1S/C30H43NO5S/c1-8-10-15-30(9-2)20-31(23-11-13-24(33-6)14-12-23)25-17-26(34-7)22(16-27(25)37-21-30)18-35-19-28(32)36-29(3,4)5/h11-14,16-17H,8-10,15,18-21H2,1-7H3. The van der Waals surface area contributed by atoms with Crippen LogP contribution in [0.3, 0.4) is 0 Å². The number of hydrogen-bond donors (Lipinski definition) is 0. The molecule has 0 saturated heterocycles. The van der Waals surface area contributed by atoms with Gasteiger partial charge in [0.05, 0.1) is 26.5 Å². The lowest BCUT2D eigenvalue weighted by Crippen LogP contribution is -2.36.